The maximum absolute atomic E-state index is 11.1. The van der Waals surface area contributed by atoms with Crippen molar-refractivity contribution in [1.29, 1.82) is 0 Å². The number of thiophene rings is 1. The standard InChI is InChI=1S/C9H6N2O5S/c12-6-7(13)11(6)10-5-4(8(14)15)3-1-2-16-9(3)17-5/h10H,1-2H2,(H,14,15). The third-order valence-electron chi connectivity index (χ3n) is 2.52. The van der Waals surface area contributed by atoms with Crippen LogP contribution in [0.25, 0.3) is 0 Å². The Balaban J connectivity index is 2.05. The van der Waals surface area contributed by atoms with Crippen molar-refractivity contribution in [3.05, 3.63) is 31.8 Å². The van der Waals surface area contributed by atoms with Crippen molar-refractivity contribution in [3.63, 3.8) is 0 Å². The molecule has 0 spiro atoms. The van der Waals surface area contributed by atoms with Crippen LogP contribution in [0.5, 0.6) is 5.06 Å². The van der Waals surface area contributed by atoms with E-state index in [2.05, 4.69) is 5.43 Å². The van der Waals surface area contributed by atoms with Gasteiger partial charge in [-0.15, -0.1) is 0 Å². The maximum Gasteiger partial charge on any atom is 0.340 e. The fourth-order valence-electron chi connectivity index (χ4n) is 1.68. The molecule has 8 heteroatoms. The second-order valence-corrected chi connectivity index (χ2v) is 4.52. The van der Waals surface area contributed by atoms with Crippen LogP contribution in [0.4, 0.5) is 5.00 Å². The minimum atomic E-state index is -1.10. The van der Waals surface area contributed by atoms with Gasteiger partial charge in [0.15, 0.2) is 5.06 Å². The fraction of sp³-hybridized carbons (Fsp3) is 0.222. The lowest BCUT2D eigenvalue weighted by Gasteiger charge is -2.00. The molecule has 1 aliphatic rings. The number of aromatic nitrogens is 1. The SMILES string of the molecule is O=C(O)c1c(Nn2c(=O)c2=O)sc2c1CCO2. The van der Waals surface area contributed by atoms with Crippen LogP contribution in [0.15, 0.2) is 9.59 Å². The van der Waals surface area contributed by atoms with Crippen molar-refractivity contribution in [1.82, 2.24) is 4.68 Å². The van der Waals surface area contributed by atoms with Crippen LogP contribution in [0, 0.1) is 0 Å². The molecular weight excluding hydrogens is 248 g/mol. The first-order chi connectivity index (χ1) is 8.09. The van der Waals surface area contributed by atoms with Crippen molar-refractivity contribution in [3.8, 4) is 5.06 Å². The van der Waals surface area contributed by atoms with Gasteiger partial charge in [0.25, 0.3) is 0 Å². The molecular formula is C9H6N2O5S. The summed E-state index contributed by atoms with van der Waals surface area (Å²) in [4.78, 5) is 32.8. The number of anilines is 1. The third kappa shape index (κ3) is 1.37. The Labute approximate surface area is 97.5 Å². The molecule has 2 aromatic heterocycles. The predicted octanol–water partition coefficient (Wildman–Crippen LogP) is -0.346. The van der Waals surface area contributed by atoms with E-state index in [9.17, 15) is 14.4 Å². The number of fused-ring (bicyclic) bond motifs is 1. The first-order valence-electron chi connectivity index (χ1n) is 4.76. The zero-order chi connectivity index (χ0) is 12.2. The molecule has 0 fully saturated rings. The molecule has 2 aromatic rings. The van der Waals surface area contributed by atoms with Crippen LogP contribution >= 0.6 is 11.3 Å². The van der Waals surface area contributed by atoms with E-state index in [1.54, 1.807) is 0 Å². The van der Waals surface area contributed by atoms with Crippen molar-refractivity contribution < 1.29 is 14.6 Å². The lowest BCUT2D eigenvalue weighted by molar-refractivity contribution is 0.0697. The van der Waals surface area contributed by atoms with E-state index in [1.807, 2.05) is 0 Å². The highest BCUT2D eigenvalue weighted by Gasteiger charge is 2.29. The first-order valence-corrected chi connectivity index (χ1v) is 5.58. The van der Waals surface area contributed by atoms with E-state index in [4.69, 9.17) is 9.84 Å². The number of ether oxygens (including phenoxy) is 1. The van der Waals surface area contributed by atoms with Crippen LogP contribution in [0.2, 0.25) is 0 Å². The number of hydrogen-bond acceptors (Lipinski definition) is 6. The van der Waals surface area contributed by atoms with Gasteiger partial charge < -0.3 is 9.84 Å². The van der Waals surface area contributed by atoms with E-state index in [0.29, 0.717) is 23.7 Å². The monoisotopic (exact) mass is 254 g/mol. The van der Waals surface area contributed by atoms with Crippen molar-refractivity contribution in [2.45, 2.75) is 6.42 Å². The van der Waals surface area contributed by atoms with Gasteiger partial charge in [-0.05, 0) is 0 Å². The molecule has 0 aromatic carbocycles. The smallest absolute Gasteiger partial charge is 0.340 e. The Hall–Kier alpha value is -2.09. The fourth-order valence-corrected chi connectivity index (χ4v) is 2.78. The quantitative estimate of drug-likeness (QED) is 0.727. The highest BCUT2D eigenvalue weighted by molar-refractivity contribution is 7.18. The molecule has 1 aliphatic heterocycles. The number of carboxylic acids is 1. The molecule has 0 saturated carbocycles. The lowest BCUT2D eigenvalue weighted by atomic mass is 10.1. The van der Waals surface area contributed by atoms with E-state index in [0.717, 1.165) is 16.0 Å². The summed E-state index contributed by atoms with van der Waals surface area (Å²) in [5, 5.41) is 9.89. The van der Waals surface area contributed by atoms with Crippen LogP contribution in [0.3, 0.4) is 0 Å². The summed E-state index contributed by atoms with van der Waals surface area (Å²) in [7, 11) is 0. The lowest BCUT2D eigenvalue weighted by Crippen LogP contribution is -2.10. The van der Waals surface area contributed by atoms with E-state index >= 15 is 0 Å². The van der Waals surface area contributed by atoms with Crippen molar-refractivity contribution in [2.75, 3.05) is 12.0 Å². The molecule has 17 heavy (non-hydrogen) atoms. The summed E-state index contributed by atoms with van der Waals surface area (Å²) in [5.74, 6) is -1.10. The number of nitrogens with zero attached hydrogens (tertiary/aromatic N) is 1. The van der Waals surface area contributed by atoms with Crippen LogP contribution < -0.4 is 21.3 Å². The largest absolute Gasteiger partial charge is 0.483 e. The predicted molar refractivity (Wildman–Crippen MR) is 58.8 cm³/mol. The van der Waals surface area contributed by atoms with Gasteiger partial charge in [0.2, 0.25) is 0 Å². The second-order valence-electron chi connectivity index (χ2n) is 3.53. The van der Waals surface area contributed by atoms with E-state index < -0.39 is 17.1 Å². The number of rotatable bonds is 3. The number of carboxylic acid groups (broad SMARTS) is 1. The zero-order valence-corrected chi connectivity index (χ0v) is 9.17. The number of carbonyl (C=O) groups is 1. The minimum Gasteiger partial charge on any atom is -0.483 e. The normalized spacial score (nSPS) is 13.6. The van der Waals surface area contributed by atoms with Gasteiger partial charge in [0.05, 0.1) is 6.61 Å². The van der Waals surface area contributed by atoms with Crippen LogP contribution in [0.1, 0.15) is 15.9 Å². The molecule has 0 amide bonds. The number of hydrogen-bond donors (Lipinski definition) is 2. The average molecular weight is 254 g/mol. The highest BCUT2D eigenvalue weighted by Crippen LogP contribution is 2.42. The van der Waals surface area contributed by atoms with Gasteiger partial charge in [-0.2, -0.15) is 4.68 Å². The van der Waals surface area contributed by atoms with Gasteiger partial charge in [-0.1, -0.05) is 11.3 Å². The topological polar surface area (TPSA) is 97.6 Å². The molecule has 0 bridgehead atoms. The molecule has 0 unspecified atom stereocenters. The average Bonchev–Trinajstić information content (AvgIpc) is 2.71. The van der Waals surface area contributed by atoms with Crippen molar-refractivity contribution in [2.24, 2.45) is 0 Å². The molecule has 0 aliphatic carbocycles. The number of aromatic carboxylic acids is 1. The molecule has 3 heterocycles. The van der Waals surface area contributed by atoms with Gasteiger partial charge in [0, 0.05) is 12.0 Å². The summed E-state index contributed by atoms with van der Waals surface area (Å²) in [6, 6.07) is 0. The summed E-state index contributed by atoms with van der Waals surface area (Å²) in [6.07, 6.45) is 0.525. The maximum atomic E-state index is 11.1. The second kappa shape index (κ2) is 3.20. The Kier molecular flexibility index (Phi) is 1.90. The van der Waals surface area contributed by atoms with Gasteiger partial charge in [-0.3, -0.25) is 15.0 Å². The molecule has 0 atom stereocenters. The van der Waals surface area contributed by atoms with Crippen LogP contribution in [-0.2, 0) is 6.42 Å². The molecule has 2 N–H and O–H groups in total. The Bertz CT molecular complexity index is 665. The Morgan fingerprint density at radius 2 is 2.12 bits per heavy atom. The molecule has 0 saturated heterocycles. The van der Waals surface area contributed by atoms with Crippen molar-refractivity contribution >= 4 is 22.3 Å². The van der Waals surface area contributed by atoms with Gasteiger partial charge in [0.1, 0.15) is 10.6 Å². The van der Waals surface area contributed by atoms with E-state index in [-0.39, 0.29) is 10.6 Å². The van der Waals surface area contributed by atoms with Gasteiger partial charge in [-0.25, -0.2) is 4.79 Å². The molecule has 7 nitrogen and oxygen atoms in total. The third-order valence-corrected chi connectivity index (χ3v) is 3.57. The molecule has 88 valence electrons. The highest BCUT2D eigenvalue weighted by atomic mass is 32.1. The van der Waals surface area contributed by atoms with Crippen LogP contribution in [-0.4, -0.2) is 22.4 Å². The molecule has 0 radical (unpaired) electrons. The molecule has 3 rings (SSSR count). The summed E-state index contributed by atoms with van der Waals surface area (Å²) < 4.78 is 6.02. The zero-order valence-electron chi connectivity index (χ0n) is 8.35. The van der Waals surface area contributed by atoms with E-state index in [1.165, 1.54) is 0 Å². The Morgan fingerprint density at radius 1 is 1.41 bits per heavy atom. The Morgan fingerprint density at radius 3 is 2.71 bits per heavy atom. The summed E-state index contributed by atoms with van der Waals surface area (Å²) >= 11 is 1.09. The minimum absolute atomic E-state index is 0.0787. The summed E-state index contributed by atoms with van der Waals surface area (Å²) in [6.45, 7) is 0.462. The summed E-state index contributed by atoms with van der Waals surface area (Å²) in [5.41, 5.74) is 1.84. The first kappa shape index (κ1) is 10.1. The number of nitrogens with one attached hydrogen (secondary N) is 1. The van der Waals surface area contributed by atoms with Gasteiger partial charge >= 0.3 is 17.1 Å².